The molecule has 6 heteroatoms. The van der Waals surface area contributed by atoms with Crippen molar-refractivity contribution in [1.82, 2.24) is 0 Å². The van der Waals surface area contributed by atoms with Gasteiger partial charge in [-0.15, -0.1) is 12.1 Å². The number of nitrogens with zero attached hydrogens (tertiary/aromatic N) is 2. The molecule has 14 atom stereocenters. The van der Waals surface area contributed by atoms with Gasteiger partial charge in [0.1, 0.15) is 0 Å². The number of rotatable bonds is 7. The van der Waals surface area contributed by atoms with Gasteiger partial charge in [-0.05, 0) is 104 Å². The van der Waals surface area contributed by atoms with Crippen LogP contribution < -0.4 is 0 Å². The van der Waals surface area contributed by atoms with Crippen LogP contribution in [0.3, 0.4) is 0 Å². The van der Waals surface area contributed by atoms with Crippen molar-refractivity contribution >= 4 is 16.5 Å². The van der Waals surface area contributed by atoms with Crippen molar-refractivity contribution in [2.45, 2.75) is 212 Å². The quantitative estimate of drug-likeness (QED) is 0.138. The molecule has 8 aliphatic rings. The van der Waals surface area contributed by atoms with Crippen molar-refractivity contribution in [3.63, 3.8) is 0 Å². The molecule has 0 N–H and O–H groups in total. The second-order valence-electron chi connectivity index (χ2n) is 21.9. The monoisotopic (exact) mass is 932 g/mol. The van der Waals surface area contributed by atoms with Crippen molar-refractivity contribution in [1.29, 1.82) is 0 Å². The van der Waals surface area contributed by atoms with Gasteiger partial charge >= 0.3 is 43.4 Å². The Balaban J connectivity index is 0. The smallest absolute Gasteiger partial charge is 0.662 e. The SMILES string of the molecule is C=C/C=C/C.CC1C(C)C([Si](C)(C)[N-]C2CCCCC2)C2CC3CCCC3CC12.CC1C(C)C([Si](C)(C)[N-]C2CCCCC2)C2CC3CCCC3CC12.[CH3-].[CH3-].[CH3-].[CH3-].[CH3-].[Ti+3].[Ti+4]. The summed E-state index contributed by atoms with van der Waals surface area (Å²) in [5.41, 5.74) is 1.95. The first kappa shape index (κ1) is 63.3. The van der Waals surface area contributed by atoms with Crippen LogP contribution in [0, 0.1) is 108 Å². The molecule has 8 fully saturated rings. The molecule has 8 rings (SSSR count). The Kier molecular flexibility index (Phi) is 30.0. The van der Waals surface area contributed by atoms with Gasteiger partial charge in [0.25, 0.3) is 0 Å². The van der Waals surface area contributed by atoms with Crippen LogP contribution in [0.2, 0.25) is 37.3 Å². The van der Waals surface area contributed by atoms with Crippen LogP contribution in [-0.4, -0.2) is 28.6 Å². The first-order valence-electron chi connectivity index (χ1n) is 24.0. The molecule has 0 aliphatic heterocycles. The topological polar surface area (TPSA) is 28.2 Å². The maximum atomic E-state index is 5.65. The third-order valence-corrected chi connectivity index (χ3v) is 25.5. The average Bonchev–Trinajstić information content (AvgIpc) is 3.90. The van der Waals surface area contributed by atoms with Crippen molar-refractivity contribution < 1.29 is 43.4 Å². The van der Waals surface area contributed by atoms with E-state index in [4.69, 9.17) is 9.96 Å². The van der Waals surface area contributed by atoms with Gasteiger partial charge in [0, 0.05) is 0 Å². The van der Waals surface area contributed by atoms with Crippen molar-refractivity contribution in [3.8, 4) is 0 Å². The Morgan fingerprint density at radius 3 is 1.02 bits per heavy atom. The van der Waals surface area contributed by atoms with Crippen LogP contribution in [0.5, 0.6) is 0 Å². The molecule has 0 spiro atoms. The summed E-state index contributed by atoms with van der Waals surface area (Å²) in [5.74, 6) is 12.3. The zero-order chi connectivity index (χ0) is 37.9. The van der Waals surface area contributed by atoms with Gasteiger partial charge in [-0.2, -0.15) is 0 Å². The number of hydrogen-bond acceptors (Lipinski definition) is 0. The number of fused-ring (bicyclic) bond motifs is 4. The van der Waals surface area contributed by atoms with Gasteiger partial charge < -0.3 is 47.1 Å². The predicted molar refractivity (Wildman–Crippen MR) is 271 cm³/mol. The summed E-state index contributed by atoms with van der Waals surface area (Å²) < 4.78 is 0. The summed E-state index contributed by atoms with van der Waals surface area (Å²) in [5, 5.41) is 0. The van der Waals surface area contributed by atoms with E-state index in [0.717, 1.165) is 94.2 Å². The first-order chi connectivity index (χ1) is 25.4. The van der Waals surface area contributed by atoms with Crippen LogP contribution >= 0.6 is 0 Å². The van der Waals surface area contributed by atoms with Gasteiger partial charge in [0.2, 0.25) is 0 Å². The molecule has 8 aliphatic carbocycles. The summed E-state index contributed by atoms with van der Waals surface area (Å²) in [7, 11) is -2.98. The minimum Gasteiger partial charge on any atom is -0.662 e. The van der Waals surface area contributed by atoms with E-state index in [2.05, 4.69) is 60.5 Å². The number of hydrogen-bond donors (Lipinski definition) is 0. The molecule has 0 heterocycles. The van der Waals surface area contributed by atoms with Crippen LogP contribution in [0.4, 0.5) is 0 Å². The van der Waals surface area contributed by atoms with Gasteiger partial charge in [-0.1, -0.05) is 209 Å². The molecule has 2 nitrogen and oxygen atoms in total. The fraction of sp³-hybridized carbons (Fsp3) is 0.833. The molecule has 0 aromatic carbocycles. The molecule has 60 heavy (non-hydrogen) atoms. The summed E-state index contributed by atoms with van der Waals surface area (Å²) in [6.45, 7) is 26.4. The molecular weight excluding hydrogens is 829 g/mol. The molecule has 345 valence electrons. The van der Waals surface area contributed by atoms with Crippen molar-refractivity contribution in [2.24, 2.45) is 71.0 Å². The summed E-state index contributed by atoms with van der Waals surface area (Å²) in [6.07, 6.45) is 35.3. The Morgan fingerprint density at radius 2 is 0.750 bits per heavy atom. The third kappa shape index (κ3) is 14.6. The van der Waals surface area contributed by atoms with Gasteiger partial charge in [0.05, 0.1) is 0 Å². The molecule has 8 saturated carbocycles. The van der Waals surface area contributed by atoms with E-state index in [1.165, 1.54) is 77.0 Å². The van der Waals surface area contributed by atoms with E-state index in [9.17, 15) is 0 Å². The van der Waals surface area contributed by atoms with Gasteiger partial charge in [0.15, 0.2) is 0 Å². The molecular formula is C54H103N2Si2Ti2. The summed E-state index contributed by atoms with van der Waals surface area (Å²) >= 11 is 0. The van der Waals surface area contributed by atoms with Crippen molar-refractivity contribution in [2.75, 3.05) is 0 Å². The third-order valence-electron chi connectivity index (χ3n) is 18.2. The van der Waals surface area contributed by atoms with E-state index in [0.29, 0.717) is 0 Å². The molecule has 0 amide bonds. The van der Waals surface area contributed by atoms with E-state index < -0.39 is 16.5 Å². The molecule has 0 saturated heterocycles. The summed E-state index contributed by atoms with van der Waals surface area (Å²) in [4.78, 5) is 11.3. The van der Waals surface area contributed by atoms with Crippen LogP contribution in [0.25, 0.3) is 9.96 Å². The van der Waals surface area contributed by atoms with E-state index in [1.54, 1.807) is 57.4 Å². The molecule has 14 unspecified atom stereocenters. The average molecular weight is 932 g/mol. The first-order valence-corrected chi connectivity index (χ1v) is 30.1. The predicted octanol–water partition coefficient (Wildman–Crippen LogP) is 18.0. The van der Waals surface area contributed by atoms with E-state index >= 15 is 0 Å². The molecule has 0 aromatic heterocycles. The Labute approximate surface area is 412 Å². The Morgan fingerprint density at radius 1 is 0.450 bits per heavy atom. The van der Waals surface area contributed by atoms with Gasteiger partial charge in [-0.3, -0.25) is 0 Å². The maximum absolute atomic E-state index is 5.65. The van der Waals surface area contributed by atoms with E-state index in [-0.39, 0.29) is 80.6 Å². The second kappa shape index (κ2) is 28.4. The van der Waals surface area contributed by atoms with Crippen LogP contribution in [0.1, 0.15) is 163 Å². The van der Waals surface area contributed by atoms with Crippen LogP contribution in [-0.2, 0) is 43.4 Å². The Hall–Kier alpha value is 1.26. The second-order valence-corrected chi connectivity index (χ2v) is 30.4. The fourth-order valence-electron chi connectivity index (χ4n) is 15.8. The molecule has 0 aromatic rings. The molecule has 0 bridgehead atoms. The minimum atomic E-state index is -1.49. The largest absolute Gasteiger partial charge is 4.00 e. The zero-order valence-electron chi connectivity index (χ0n) is 42.7. The van der Waals surface area contributed by atoms with Crippen LogP contribution in [0.15, 0.2) is 24.8 Å². The fourth-order valence-corrected chi connectivity index (χ4v) is 24.6. The maximum Gasteiger partial charge on any atom is 4.00 e. The van der Waals surface area contributed by atoms with Gasteiger partial charge in [-0.25, -0.2) is 0 Å². The summed E-state index contributed by atoms with van der Waals surface area (Å²) in [6, 6.07) is 1.45. The van der Waals surface area contributed by atoms with Crippen molar-refractivity contribution in [3.05, 3.63) is 71.9 Å². The van der Waals surface area contributed by atoms with E-state index in [1.807, 2.05) is 19.1 Å². The minimum absolute atomic E-state index is 0. The number of allylic oxidation sites excluding steroid dienone is 3. The standard InChI is InChI=1S/2C22H40NSi.C5H8.5CH3.2Ti/c2*1-15-16(2)22(24(3,4)23-19-11-6-5-7-12-19)21-14-18-10-8-9-17(18)13-20(15)21;1-3-5-4-2;;;;;;;/h2*15-22H,5-14H2,1-4H3;3-5H,1H2,2H3;5*1H3;;/q2*-1;;5*-1;+3;+4/b;;5-4+;;;;;;;. The normalized spacial score (nSPS) is 38.1. The zero-order valence-corrected chi connectivity index (χ0v) is 47.8. The Bertz CT molecular complexity index is 1100. The molecule has 1 radical (unpaired) electrons.